The van der Waals surface area contributed by atoms with Gasteiger partial charge in [0, 0.05) is 12.2 Å². The minimum Gasteiger partial charge on any atom is -0.290 e. The van der Waals surface area contributed by atoms with Gasteiger partial charge in [0.05, 0.1) is 6.04 Å². The van der Waals surface area contributed by atoms with Crippen molar-refractivity contribution in [2.75, 3.05) is 5.75 Å². The maximum Gasteiger partial charge on any atom is 0.229 e. The summed E-state index contributed by atoms with van der Waals surface area (Å²) in [5.41, 5.74) is 1.13. The Morgan fingerprint density at radius 2 is 2.06 bits per heavy atom. The van der Waals surface area contributed by atoms with Crippen molar-refractivity contribution < 1.29 is 4.79 Å². The molecule has 84 valence electrons. The lowest BCUT2D eigenvalue weighted by Crippen LogP contribution is -2.39. The molecule has 0 aromatic heterocycles. The van der Waals surface area contributed by atoms with Crippen molar-refractivity contribution in [1.82, 2.24) is 4.90 Å². The first-order valence-electron chi connectivity index (χ1n) is 5.24. The number of thiocarbonyl (C=S) groups is 1. The van der Waals surface area contributed by atoms with E-state index in [1.165, 1.54) is 0 Å². The van der Waals surface area contributed by atoms with Crippen molar-refractivity contribution in [3.8, 4) is 0 Å². The summed E-state index contributed by atoms with van der Waals surface area (Å²) in [6.07, 6.45) is 0.585. The summed E-state index contributed by atoms with van der Waals surface area (Å²) in [6, 6.07) is 10.0. The van der Waals surface area contributed by atoms with E-state index in [4.69, 9.17) is 12.2 Å². The van der Waals surface area contributed by atoms with Crippen LogP contribution in [-0.2, 0) is 4.79 Å². The quantitative estimate of drug-likeness (QED) is 0.754. The van der Waals surface area contributed by atoms with Gasteiger partial charge in [-0.25, -0.2) is 0 Å². The van der Waals surface area contributed by atoms with Crippen molar-refractivity contribution in [3.05, 3.63) is 35.9 Å². The second-order valence-corrected chi connectivity index (χ2v) is 5.44. The van der Waals surface area contributed by atoms with Gasteiger partial charge in [0.15, 0.2) is 0 Å². The Balaban J connectivity index is 2.23. The molecule has 2 nitrogen and oxygen atoms in total. The van der Waals surface area contributed by atoms with Crippen molar-refractivity contribution in [3.63, 3.8) is 0 Å². The molecule has 1 saturated heterocycles. The molecule has 1 amide bonds. The monoisotopic (exact) mass is 251 g/mol. The summed E-state index contributed by atoms with van der Waals surface area (Å²) in [7, 11) is 0. The van der Waals surface area contributed by atoms with Crippen LogP contribution >= 0.6 is 24.0 Å². The Kier molecular flexibility index (Phi) is 3.61. The van der Waals surface area contributed by atoms with Gasteiger partial charge < -0.3 is 0 Å². The number of hydrogen-bond acceptors (Lipinski definition) is 3. The number of carbonyl (C=O) groups is 1. The molecule has 1 atom stereocenters. The zero-order chi connectivity index (χ0) is 11.5. The summed E-state index contributed by atoms with van der Waals surface area (Å²) in [5.74, 6) is 0.954. The van der Waals surface area contributed by atoms with E-state index in [9.17, 15) is 4.79 Å². The van der Waals surface area contributed by atoms with Crippen LogP contribution in [0, 0.1) is 0 Å². The topological polar surface area (TPSA) is 20.3 Å². The molecule has 1 aliphatic heterocycles. The maximum atomic E-state index is 11.8. The van der Waals surface area contributed by atoms with E-state index in [-0.39, 0.29) is 11.9 Å². The standard InChI is InChI=1S/C12H13NOS2/c1-9(10-5-3-2-4-6-10)13-11(14)7-8-16-12(13)15/h2-6,9H,7-8H2,1H3/t9-/m0/s1. The van der Waals surface area contributed by atoms with E-state index in [0.717, 1.165) is 11.3 Å². The number of hydrogen-bond donors (Lipinski definition) is 0. The van der Waals surface area contributed by atoms with Crippen LogP contribution < -0.4 is 0 Å². The van der Waals surface area contributed by atoms with Gasteiger partial charge in [-0.15, -0.1) is 0 Å². The van der Waals surface area contributed by atoms with Gasteiger partial charge in [-0.3, -0.25) is 9.69 Å². The third-order valence-electron chi connectivity index (χ3n) is 2.68. The highest BCUT2D eigenvalue weighted by Crippen LogP contribution is 2.28. The van der Waals surface area contributed by atoms with Crippen LogP contribution in [0.25, 0.3) is 0 Å². The molecule has 1 aromatic carbocycles. The molecule has 0 N–H and O–H groups in total. The van der Waals surface area contributed by atoms with Gasteiger partial charge in [-0.2, -0.15) is 0 Å². The first-order chi connectivity index (χ1) is 7.70. The number of benzene rings is 1. The summed E-state index contributed by atoms with van der Waals surface area (Å²) >= 11 is 6.84. The summed E-state index contributed by atoms with van der Waals surface area (Å²) in [4.78, 5) is 13.6. The smallest absolute Gasteiger partial charge is 0.229 e. The summed E-state index contributed by atoms with van der Waals surface area (Å²) < 4.78 is 0.701. The molecular formula is C12H13NOS2. The van der Waals surface area contributed by atoms with Gasteiger partial charge in [0.2, 0.25) is 5.91 Å². The maximum absolute atomic E-state index is 11.8. The lowest BCUT2D eigenvalue weighted by atomic mass is 10.1. The number of amides is 1. The van der Waals surface area contributed by atoms with E-state index >= 15 is 0 Å². The lowest BCUT2D eigenvalue weighted by Gasteiger charge is -2.32. The molecule has 0 spiro atoms. The highest BCUT2D eigenvalue weighted by molar-refractivity contribution is 8.23. The van der Waals surface area contributed by atoms with Crippen LogP contribution in [0.1, 0.15) is 24.9 Å². The number of thioether (sulfide) groups is 1. The van der Waals surface area contributed by atoms with Crippen LogP contribution in [0.15, 0.2) is 30.3 Å². The SMILES string of the molecule is C[C@@H](c1ccccc1)N1C(=O)CCSC1=S. The predicted molar refractivity (Wildman–Crippen MR) is 71.4 cm³/mol. The molecule has 1 heterocycles. The van der Waals surface area contributed by atoms with Crippen molar-refractivity contribution in [2.24, 2.45) is 0 Å². The van der Waals surface area contributed by atoms with Crippen LogP contribution in [0.3, 0.4) is 0 Å². The molecular weight excluding hydrogens is 238 g/mol. The third kappa shape index (κ3) is 2.28. The minimum absolute atomic E-state index is 0.0361. The van der Waals surface area contributed by atoms with E-state index in [1.807, 2.05) is 37.3 Å². The van der Waals surface area contributed by atoms with Crippen LogP contribution in [0.5, 0.6) is 0 Å². The van der Waals surface area contributed by atoms with Crippen molar-refractivity contribution >= 4 is 34.2 Å². The molecule has 16 heavy (non-hydrogen) atoms. The third-order valence-corrected chi connectivity index (χ3v) is 4.08. The second-order valence-electron chi connectivity index (χ2n) is 3.71. The fourth-order valence-corrected chi connectivity index (χ4v) is 3.13. The summed E-state index contributed by atoms with van der Waals surface area (Å²) in [5, 5.41) is 0. The average molecular weight is 251 g/mol. The molecule has 0 aliphatic carbocycles. The Hall–Kier alpha value is -0.870. The second kappa shape index (κ2) is 4.97. The van der Waals surface area contributed by atoms with E-state index in [0.29, 0.717) is 10.7 Å². The molecule has 2 rings (SSSR count). The Bertz CT molecular complexity index is 389. The first-order valence-corrected chi connectivity index (χ1v) is 6.63. The van der Waals surface area contributed by atoms with Crippen LogP contribution in [-0.4, -0.2) is 20.9 Å². The fourth-order valence-electron chi connectivity index (χ4n) is 1.77. The van der Waals surface area contributed by atoms with Gasteiger partial charge in [-0.1, -0.05) is 54.3 Å². The Labute approximate surface area is 105 Å². The Morgan fingerprint density at radius 3 is 2.69 bits per heavy atom. The summed E-state index contributed by atoms with van der Waals surface area (Å²) in [6.45, 7) is 2.02. The molecule has 1 fully saturated rings. The average Bonchev–Trinajstić information content (AvgIpc) is 2.30. The molecule has 0 bridgehead atoms. The number of carbonyl (C=O) groups excluding carboxylic acids is 1. The number of rotatable bonds is 2. The van der Waals surface area contributed by atoms with Gasteiger partial charge in [-0.05, 0) is 12.5 Å². The minimum atomic E-state index is 0.0361. The fraction of sp³-hybridized carbons (Fsp3) is 0.333. The molecule has 1 aliphatic rings. The highest BCUT2D eigenvalue weighted by Gasteiger charge is 2.28. The Morgan fingerprint density at radius 1 is 1.38 bits per heavy atom. The largest absolute Gasteiger partial charge is 0.290 e. The van der Waals surface area contributed by atoms with E-state index in [1.54, 1.807) is 16.7 Å². The van der Waals surface area contributed by atoms with E-state index < -0.39 is 0 Å². The highest BCUT2D eigenvalue weighted by atomic mass is 32.2. The van der Waals surface area contributed by atoms with Gasteiger partial charge in [0.1, 0.15) is 4.32 Å². The molecule has 0 unspecified atom stereocenters. The number of nitrogens with zero attached hydrogens (tertiary/aromatic N) is 1. The van der Waals surface area contributed by atoms with Crippen molar-refractivity contribution in [2.45, 2.75) is 19.4 Å². The molecule has 0 saturated carbocycles. The van der Waals surface area contributed by atoms with Gasteiger partial charge in [0.25, 0.3) is 0 Å². The lowest BCUT2D eigenvalue weighted by molar-refractivity contribution is -0.128. The van der Waals surface area contributed by atoms with Gasteiger partial charge >= 0.3 is 0 Å². The van der Waals surface area contributed by atoms with Crippen LogP contribution in [0.4, 0.5) is 0 Å². The normalized spacial score (nSPS) is 18.7. The zero-order valence-corrected chi connectivity index (χ0v) is 10.7. The zero-order valence-electron chi connectivity index (χ0n) is 9.05. The van der Waals surface area contributed by atoms with Crippen molar-refractivity contribution in [1.29, 1.82) is 0 Å². The molecule has 1 aromatic rings. The van der Waals surface area contributed by atoms with Crippen LogP contribution in [0.2, 0.25) is 0 Å². The molecule has 4 heteroatoms. The predicted octanol–water partition coefficient (Wildman–Crippen LogP) is 3.00. The molecule has 0 radical (unpaired) electrons. The van der Waals surface area contributed by atoms with E-state index in [2.05, 4.69) is 0 Å². The first kappa shape index (κ1) is 11.6.